The van der Waals surface area contributed by atoms with Crippen molar-refractivity contribution in [3.05, 3.63) is 17.8 Å². The first kappa shape index (κ1) is 11.6. The summed E-state index contributed by atoms with van der Waals surface area (Å²) in [7, 11) is 0. The van der Waals surface area contributed by atoms with Gasteiger partial charge in [-0.1, -0.05) is 6.92 Å². The van der Waals surface area contributed by atoms with E-state index in [9.17, 15) is 13.2 Å². The number of nitrogen functional groups attached to an aromatic ring is 1. The summed E-state index contributed by atoms with van der Waals surface area (Å²) in [5.41, 5.74) is 4.86. The van der Waals surface area contributed by atoms with E-state index in [0.29, 0.717) is 6.54 Å². The number of pyridine rings is 1. The van der Waals surface area contributed by atoms with E-state index in [1.807, 2.05) is 6.92 Å². The topological polar surface area (TPSA) is 50.9 Å². The molecule has 3 nitrogen and oxygen atoms in total. The Hall–Kier alpha value is -1.46. The lowest BCUT2D eigenvalue weighted by Gasteiger charge is -2.11. The number of rotatable bonds is 3. The summed E-state index contributed by atoms with van der Waals surface area (Å²) in [6, 6.07) is 0.970. The molecule has 15 heavy (non-hydrogen) atoms. The summed E-state index contributed by atoms with van der Waals surface area (Å²) < 4.78 is 36.9. The van der Waals surface area contributed by atoms with Crippen molar-refractivity contribution in [1.29, 1.82) is 0 Å². The monoisotopic (exact) mass is 219 g/mol. The molecule has 1 heterocycles. The molecule has 0 saturated carbocycles. The molecule has 3 N–H and O–H groups in total. The van der Waals surface area contributed by atoms with Crippen molar-refractivity contribution in [2.45, 2.75) is 19.5 Å². The van der Waals surface area contributed by atoms with Gasteiger partial charge in [-0.25, -0.2) is 4.98 Å². The molecule has 84 valence electrons. The molecule has 0 aliphatic rings. The smallest absolute Gasteiger partial charge is 0.382 e. The Morgan fingerprint density at radius 3 is 2.67 bits per heavy atom. The number of nitrogens with one attached hydrogen (secondary N) is 1. The van der Waals surface area contributed by atoms with Crippen LogP contribution in [-0.4, -0.2) is 11.5 Å². The summed E-state index contributed by atoms with van der Waals surface area (Å²) in [4.78, 5) is 3.49. The van der Waals surface area contributed by atoms with E-state index in [-0.39, 0.29) is 11.5 Å². The van der Waals surface area contributed by atoms with Crippen LogP contribution in [0.2, 0.25) is 0 Å². The van der Waals surface area contributed by atoms with Crippen LogP contribution in [0.3, 0.4) is 0 Å². The van der Waals surface area contributed by atoms with Crippen LogP contribution in [0.15, 0.2) is 12.3 Å². The highest BCUT2D eigenvalue weighted by Gasteiger charge is 2.31. The number of nitrogens with zero attached hydrogens (tertiary/aromatic N) is 1. The molecule has 0 aliphatic carbocycles. The second-order valence-corrected chi connectivity index (χ2v) is 3.08. The van der Waals surface area contributed by atoms with Gasteiger partial charge in [0.1, 0.15) is 5.82 Å². The number of halogens is 3. The minimum atomic E-state index is -4.39. The lowest BCUT2D eigenvalue weighted by Crippen LogP contribution is -2.10. The van der Waals surface area contributed by atoms with E-state index < -0.39 is 11.7 Å². The van der Waals surface area contributed by atoms with Crippen LogP contribution in [0.4, 0.5) is 24.7 Å². The third kappa shape index (κ3) is 3.00. The Balaban J connectivity index is 2.95. The van der Waals surface area contributed by atoms with Gasteiger partial charge in [-0.3, -0.25) is 0 Å². The van der Waals surface area contributed by atoms with E-state index in [4.69, 9.17) is 5.73 Å². The summed E-state index contributed by atoms with van der Waals surface area (Å²) in [6.07, 6.45) is -2.86. The van der Waals surface area contributed by atoms with E-state index in [1.54, 1.807) is 0 Å². The number of hydrogen-bond donors (Lipinski definition) is 2. The lowest BCUT2D eigenvalue weighted by molar-refractivity contribution is -0.137. The molecule has 1 aromatic rings. The Morgan fingerprint density at radius 2 is 2.13 bits per heavy atom. The third-order valence-electron chi connectivity index (χ3n) is 1.81. The Morgan fingerprint density at radius 1 is 1.47 bits per heavy atom. The maximum atomic E-state index is 12.3. The van der Waals surface area contributed by atoms with Gasteiger partial charge in [0, 0.05) is 12.7 Å². The average molecular weight is 219 g/mol. The van der Waals surface area contributed by atoms with Crippen LogP contribution in [0.5, 0.6) is 0 Å². The van der Waals surface area contributed by atoms with Gasteiger partial charge in [0.05, 0.1) is 11.3 Å². The molecule has 0 spiro atoms. The predicted molar refractivity (Wildman–Crippen MR) is 52.4 cm³/mol. The fourth-order valence-corrected chi connectivity index (χ4v) is 1.03. The van der Waals surface area contributed by atoms with Gasteiger partial charge >= 0.3 is 6.18 Å². The quantitative estimate of drug-likeness (QED) is 0.821. The molecule has 0 saturated heterocycles. The van der Waals surface area contributed by atoms with Crippen LogP contribution in [0, 0.1) is 0 Å². The van der Waals surface area contributed by atoms with Gasteiger partial charge in [0.15, 0.2) is 0 Å². The second kappa shape index (κ2) is 4.37. The van der Waals surface area contributed by atoms with Crippen molar-refractivity contribution < 1.29 is 13.2 Å². The fourth-order valence-electron chi connectivity index (χ4n) is 1.03. The van der Waals surface area contributed by atoms with Gasteiger partial charge in [0.2, 0.25) is 0 Å². The van der Waals surface area contributed by atoms with Gasteiger partial charge < -0.3 is 11.1 Å². The highest BCUT2D eigenvalue weighted by atomic mass is 19.4. The summed E-state index contributed by atoms with van der Waals surface area (Å²) in [6.45, 7) is 2.47. The first-order chi connectivity index (χ1) is 6.95. The van der Waals surface area contributed by atoms with Crippen LogP contribution in [0.25, 0.3) is 0 Å². The largest absolute Gasteiger partial charge is 0.417 e. The third-order valence-corrected chi connectivity index (χ3v) is 1.81. The van der Waals surface area contributed by atoms with E-state index in [2.05, 4.69) is 10.3 Å². The molecule has 0 aromatic carbocycles. The Labute approximate surface area is 85.5 Å². The maximum absolute atomic E-state index is 12.3. The molecule has 0 atom stereocenters. The Bertz CT molecular complexity index is 336. The zero-order chi connectivity index (χ0) is 11.5. The highest BCUT2D eigenvalue weighted by Crippen LogP contribution is 2.31. The molecule has 0 fully saturated rings. The number of alkyl halides is 3. The molecule has 0 amide bonds. The zero-order valence-corrected chi connectivity index (χ0v) is 8.23. The standard InChI is InChI=1S/C9H12F3N3/c1-2-3-14-7-4-6(9(10,11)12)5-15-8(7)13/h4-5,14H,2-3H2,1H3,(H2,13,15). The number of nitrogens with two attached hydrogens (primary N) is 1. The highest BCUT2D eigenvalue weighted by molar-refractivity contribution is 5.62. The van der Waals surface area contributed by atoms with Crippen LogP contribution in [-0.2, 0) is 6.18 Å². The number of aromatic nitrogens is 1. The first-order valence-corrected chi connectivity index (χ1v) is 4.51. The van der Waals surface area contributed by atoms with Crippen molar-refractivity contribution in [3.8, 4) is 0 Å². The maximum Gasteiger partial charge on any atom is 0.417 e. The van der Waals surface area contributed by atoms with Crippen molar-refractivity contribution in [2.75, 3.05) is 17.6 Å². The van der Waals surface area contributed by atoms with Gasteiger partial charge in [-0.05, 0) is 12.5 Å². The molecule has 0 bridgehead atoms. The Kier molecular flexibility index (Phi) is 3.39. The van der Waals surface area contributed by atoms with Crippen LogP contribution >= 0.6 is 0 Å². The lowest BCUT2D eigenvalue weighted by atomic mass is 10.2. The van der Waals surface area contributed by atoms with Crippen molar-refractivity contribution in [1.82, 2.24) is 4.98 Å². The number of hydrogen-bond acceptors (Lipinski definition) is 3. The number of anilines is 2. The minimum Gasteiger partial charge on any atom is -0.382 e. The summed E-state index contributed by atoms with van der Waals surface area (Å²) >= 11 is 0. The van der Waals surface area contributed by atoms with Crippen LogP contribution in [0.1, 0.15) is 18.9 Å². The van der Waals surface area contributed by atoms with Gasteiger partial charge in [0.25, 0.3) is 0 Å². The van der Waals surface area contributed by atoms with Crippen molar-refractivity contribution in [2.24, 2.45) is 0 Å². The van der Waals surface area contributed by atoms with Gasteiger partial charge in [-0.15, -0.1) is 0 Å². The van der Waals surface area contributed by atoms with Crippen molar-refractivity contribution >= 4 is 11.5 Å². The molecule has 0 radical (unpaired) electrons. The fraction of sp³-hybridized carbons (Fsp3) is 0.444. The van der Waals surface area contributed by atoms with Crippen LogP contribution < -0.4 is 11.1 Å². The minimum absolute atomic E-state index is 0.0800. The van der Waals surface area contributed by atoms with E-state index in [0.717, 1.165) is 18.7 Å². The van der Waals surface area contributed by atoms with Crippen molar-refractivity contribution in [3.63, 3.8) is 0 Å². The molecule has 0 unspecified atom stereocenters. The van der Waals surface area contributed by atoms with E-state index in [1.165, 1.54) is 0 Å². The SMILES string of the molecule is CCCNc1cc(C(F)(F)F)cnc1N. The first-order valence-electron chi connectivity index (χ1n) is 4.51. The van der Waals surface area contributed by atoms with Gasteiger partial charge in [-0.2, -0.15) is 13.2 Å². The molecular formula is C9H12F3N3. The molecule has 1 rings (SSSR count). The molecule has 6 heteroatoms. The summed E-state index contributed by atoms with van der Waals surface area (Å²) in [5, 5.41) is 2.79. The summed E-state index contributed by atoms with van der Waals surface area (Å²) in [5.74, 6) is 0.0800. The zero-order valence-electron chi connectivity index (χ0n) is 8.23. The molecular weight excluding hydrogens is 207 g/mol. The molecule has 0 aliphatic heterocycles. The average Bonchev–Trinajstić information content (AvgIpc) is 2.15. The normalized spacial score (nSPS) is 11.5. The van der Waals surface area contributed by atoms with E-state index >= 15 is 0 Å². The second-order valence-electron chi connectivity index (χ2n) is 3.08. The molecule has 1 aromatic heterocycles. The predicted octanol–water partition coefficient (Wildman–Crippen LogP) is 2.50.